The molecule has 33 heavy (non-hydrogen) atoms. The Hall–Kier alpha value is -4.25. The number of carbonyl (C=O) groups is 1. The Morgan fingerprint density at radius 2 is 1.48 bits per heavy atom. The van der Waals surface area contributed by atoms with Gasteiger partial charge in [0, 0.05) is 18.0 Å². The van der Waals surface area contributed by atoms with Gasteiger partial charge in [0.2, 0.25) is 0 Å². The molecule has 0 amide bonds. The first kappa shape index (κ1) is 20.6. The van der Waals surface area contributed by atoms with Crippen molar-refractivity contribution in [3.05, 3.63) is 131 Å². The number of carboxylic acids is 1. The van der Waals surface area contributed by atoms with Crippen LogP contribution in [-0.2, 0) is 12.8 Å². The lowest BCUT2D eigenvalue weighted by Gasteiger charge is -2.12. The molecule has 0 radical (unpaired) electrons. The third kappa shape index (κ3) is 4.26. The average molecular weight is 436 g/mol. The van der Waals surface area contributed by atoms with Crippen LogP contribution in [0.25, 0.3) is 16.6 Å². The molecule has 0 fully saturated rings. The minimum absolute atomic E-state index is 0.0447. The monoisotopic (exact) mass is 436 g/mol. The van der Waals surface area contributed by atoms with Gasteiger partial charge in [0.25, 0.3) is 0 Å². The zero-order valence-corrected chi connectivity index (χ0v) is 17.8. The minimum atomic E-state index is -1.19. The molecule has 1 heterocycles. The first-order chi connectivity index (χ1) is 16.1. The largest absolute Gasteiger partial charge is 0.478 e. The van der Waals surface area contributed by atoms with Crippen LogP contribution in [0, 0.1) is 5.82 Å². The van der Waals surface area contributed by atoms with E-state index in [0.29, 0.717) is 17.5 Å². The summed E-state index contributed by atoms with van der Waals surface area (Å²) in [5.41, 5.74) is 4.17. The summed E-state index contributed by atoms with van der Waals surface area (Å²) in [4.78, 5) is 11.9. The molecule has 4 nitrogen and oxygen atoms in total. The standard InChI is InChI=1S/C28H21FN2O2/c29-26-22(16-20-9-5-2-6-10-20)12-13-24(28(32)33)27(26)31-18-23-17-21(11-14-25(23)30-31)15-19-7-3-1-4-8-19/h1-14,17-18H,15-16H2,(H,32,33). The van der Waals surface area contributed by atoms with Gasteiger partial charge in [0.05, 0.1) is 11.1 Å². The van der Waals surface area contributed by atoms with E-state index in [1.54, 1.807) is 6.20 Å². The highest BCUT2D eigenvalue weighted by Crippen LogP contribution is 2.26. The molecule has 1 aromatic heterocycles. The maximum absolute atomic E-state index is 15.6. The summed E-state index contributed by atoms with van der Waals surface area (Å²) in [5.74, 6) is -1.77. The zero-order chi connectivity index (χ0) is 22.8. The van der Waals surface area contributed by atoms with Crippen LogP contribution < -0.4 is 0 Å². The van der Waals surface area contributed by atoms with Gasteiger partial charge in [-0.25, -0.2) is 13.9 Å². The molecular weight excluding hydrogens is 415 g/mol. The van der Waals surface area contributed by atoms with Gasteiger partial charge in [-0.3, -0.25) is 0 Å². The maximum Gasteiger partial charge on any atom is 0.338 e. The molecule has 5 heteroatoms. The van der Waals surface area contributed by atoms with Crippen molar-refractivity contribution < 1.29 is 14.3 Å². The van der Waals surface area contributed by atoms with Crippen molar-refractivity contribution >= 4 is 16.9 Å². The van der Waals surface area contributed by atoms with Crippen LogP contribution in [-0.4, -0.2) is 20.9 Å². The van der Waals surface area contributed by atoms with E-state index in [1.807, 2.05) is 66.7 Å². The summed E-state index contributed by atoms with van der Waals surface area (Å²) in [7, 11) is 0. The van der Waals surface area contributed by atoms with Crippen molar-refractivity contribution in [3.63, 3.8) is 0 Å². The SMILES string of the molecule is O=C(O)c1ccc(Cc2ccccc2)c(F)c1-n1cc2cc(Cc3ccccc3)ccc2n1. The number of nitrogens with zero attached hydrogens (tertiary/aromatic N) is 2. The Bertz CT molecular complexity index is 1440. The van der Waals surface area contributed by atoms with E-state index in [-0.39, 0.29) is 11.3 Å². The number of rotatable bonds is 6. The number of aromatic nitrogens is 2. The van der Waals surface area contributed by atoms with Gasteiger partial charge in [0.1, 0.15) is 5.69 Å². The highest BCUT2D eigenvalue weighted by Gasteiger charge is 2.21. The topological polar surface area (TPSA) is 55.1 Å². The molecule has 0 saturated heterocycles. The van der Waals surface area contributed by atoms with Crippen molar-refractivity contribution in [1.29, 1.82) is 0 Å². The molecule has 162 valence electrons. The van der Waals surface area contributed by atoms with Gasteiger partial charge in [0.15, 0.2) is 5.82 Å². The highest BCUT2D eigenvalue weighted by atomic mass is 19.1. The fraction of sp³-hybridized carbons (Fsp3) is 0.0714. The Labute approximate surface area is 190 Å². The second-order valence-corrected chi connectivity index (χ2v) is 8.03. The summed E-state index contributed by atoms with van der Waals surface area (Å²) in [6, 6.07) is 28.5. The second-order valence-electron chi connectivity index (χ2n) is 8.03. The quantitative estimate of drug-likeness (QED) is 0.353. The molecule has 4 aromatic carbocycles. The molecule has 0 saturated carbocycles. The predicted octanol–water partition coefficient (Wildman–Crippen LogP) is 6.04. The van der Waals surface area contributed by atoms with Gasteiger partial charge in [-0.15, -0.1) is 0 Å². The predicted molar refractivity (Wildman–Crippen MR) is 126 cm³/mol. The third-order valence-electron chi connectivity index (χ3n) is 5.71. The number of carboxylic acid groups (broad SMARTS) is 1. The third-order valence-corrected chi connectivity index (χ3v) is 5.71. The fourth-order valence-corrected chi connectivity index (χ4v) is 4.09. The molecule has 1 N–H and O–H groups in total. The smallest absolute Gasteiger partial charge is 0.338 e. The van der Waals surface area contributed by atoms with Crippen LogP contribution in [0.1, 0.15) is 32.6 Å². The highest BCUT2D eigenvalue weighted by molar-refractivity contribution is 5.92. The average Bonchev–Trinajstić information content (AvgIpc) is 3.24. The molecule has 0 aliphatic heterocycles. The summed E-state index contributed by atoms with van der Waals surface area (Å²) >= 11 is 0. The number of hydrogen-bond donors (Lipinski definition) is 1. The van der Waals surface area contributed by atoms with Gasteiger partial charge < -0.3 is 5.11 Å². The molecular formula is C28H21FN2O2. The minimum Gasteiger partial charge on any atom is -0.478 e. The van der Waals surface area contributed by atoms with Crippen LogP contribution in [0.15, 0.2) is 97.2 Å². The molecule has 0 unspecified atom stereocenters. The van der Waals surface area contributed by atoms with E-state index in [1.165, 1.54) is 22.4 Å². The first-order valence-corrected chi connectivity index (χ1v) is 10.7. The zero-order valence-electron chi connectivity index (χ0n) is 17.8. The van der Waals surface area contributed by atoms with Gasteiger partial charge in [-0.2, -0.15) is 5.10 Å². The number of halogens is 1. The number of fused-ring (bicyclic) bond motifs is 1. The van der Waals surface area contributed by atoms with Crippen LogP contribution in [0.3, 0.4) is 0 Å². The number of hydrogen-bond acceptors (Lipinski definition) is 2. The van der Waals surface area contributed by atoms with Gasteiger partial charge in [-0.05, 0) is 46.9 Å². The second kappa shape index (κ2) is 8.71. The lowest BCUT2D eigenvalue weighted by molar-refractivity contribution is 0.0696. The van der Waals surface area contributed by atoms with E-state index in [0.717, 1.165) is 22.9 Å². The van der Waals surface area contributed by atoms with E-state index >= 15 is 4.39 Å². The Balaban J connectivity index is 1.56. The van der Waals surface area contributed by atoms with Crippen LogP contribution in [0.2, 0.25) is 0 Å². The molecule has 0 spiro atoms. The Kier molecular flexibility index (Phi) is 5.45. The van der Waals surface area contributed by atoms with Crippen molar-refractivity contribution in [2.24, 2.45) is 0 Å². The lowest BCUT2D eigenvalue weighted by Crippen LogP contribution is -2.11. The Morgan fingerprint density at radius 1 is 0.818 bits per heavy atom. The lowest BCUT2D eigenvalue weighted by atomic mass is 10.0. The first-order valence-electron chi connectivity index (χ1n) is 10.7. The molecule has 5 rings (SSSR count). The van der Waals surface area contributed by atoms with Crippen LogP contribution >= 0.6 is 0 Å². The molecule has 5 aromatic rings. The van der Waals surface area contributed by atoms with Crippen LogP contribution in [0.4, 0.5) is 4.39 Å². The molecule has 0 atom stereocenters. The summed E-state index contributed by atoms with van der Waals surface area (Å²) in [6.45, 7) is 0. The van der Waals surface area contributed by atoms with E-state index in [9.17, 15) is 9.90 Å². The summed E-state index contributed by atoms with van der Waals surface area (Å²) < 4.78 is 17.0. The molecule has 0 bridgehead atoms. The van der Waals surface area contributed by atoms with Gasteiger partial charge in [-0.1, -0.05) is 72.8 Å². The molecule has 0 aliphatic rings. The van der Waals surface area contributed by atoms with Crippen LogP contribution in [0.5, 0.6) is 0 Å². The fourth-order valence-electron chi connectivity index (χ4n) is 4.09. The Morgan fingerprint density at radius 3 is 2.15 bits per heavy atom. The van der Waals surface area contributed by atoms with E-state index in [2.05, 4.69) is 17.2 Å². The normalized spacial score (nSPS) is 11.1. The van der Waals surface area contributed by atoms with Crippen molar-refractivity contribution in [2.75, 3.05) is 0 Å². The summed E-state index contributed by atoms with van der Waals surface area (Å²) in [5, 5.41) is 15.0. The van der Waals surface area contributed by atoms with Crippen molar-refractivity contribution in [3.8, 4) is 5.69 Å². The number of aromatic carboxylic acids is 1. The van der Waals surface area contributed by atoms with Crippen molar-refractivity contribution in [1.82, 2.24) is 9.78 Å². The molecule has 0 aliphatic carbocycles. The van der Waals surface area contributed by atoms with Crippen molar-refractivity contribution in [2.45, 2.75) is 12.8 Å². The van der Waals surface area contributed by atoms with Gasteiger partial charge >= 0.3 is 5.97 Å². The van der Waals surface area contributed by atoms with E-state index < -0.39 is 11.8 Å². The van der Waals surface area contributed by atoms with E-state index in [4.69, 9.17) is 0 Å². The maximum atomic E-state index is 15.6. The number of benzene rings is 4. The summed E-state index contributed by atoms with van der Waals surface area (Å²) in [6.07, 6.45) is 2.83.